The van der Waals surface area contributed by atoms with Crippen molar-refractivity contribution in [2.24, 2.45) is 5.41 Å². The van der Waals surface area contributed by atoms with Crippen molar-refractivity contribution in [1.29, 1.82) is 0 Å². The van der Waals surface area contributed by atoms with E-state index in [1.807, 2.05) is 42.7 Å². The Labute approximate surface area is 203 Å². The molecular weight excluding hydrogens is 454 g/mol. The van der Waals surface area contributed by atoms with Crippen molar-refractivity contribution in [2.75, 3.05) is 23.5 Å². The number of unbranched alkanes of at least 4 members (excludes halogenated alkanes) is 1. The average molecular weight is 492 g/mol. The summed E-state index contributed by atoms with van der Waals surface area (Å²) < 4.78 is 33.6. The van der Waals surface area contributed by atoms with E-state index in [0.717, 1.165) is 29.8 Å². The van der Waals surface area contributed by atoms with Crippen LogP contribution in [0.1, 0.15) is 53.9 Å². The normalized spacial score (nSPS) is 21.2. The number of aliphatic hydroxyl groups is 1. The standard InChI is InChI=1S/C26H37NO4S2/c1-7-8-14-26(5)17-27(20-12-10-9-11-13-20)21-15-23(32-6)22(31-19(2)25(3,4)28)16-24(21)33(29,30)18-26/h9-13,15-16,19,28H,7-8,14,17-18H2,1-6H3. The lowest BCUT2D eigenvalue weighted by molar-refractivity contribution is -0.0253. The molecule has 1 aliphatic heterocycles. The smallest absolute Gasteiger partial charge is 0.181 e. The quantitative estimate of drug-likeness (QED) is 0.452. The monoisotopic (exact) mass is 491 g/mol. The van der Waals surface area contributed by atoms with Crippen LogP contribution >= 0.6 is 11.8 Å². The highest BCUT2D eigenvalue weighted by molar-refractivity contribution is 7.98. The van der Waals surface area contributed by atoms with Crippen LogP contribution in [0.2, 0.25) is 0 Å². The molecule has 2 aromatic carbocycles. The Kier molecular flexibility index (Phi) is 7.76. The molecule has 0 fully saturated rings. The van der Waals surface area contributed by atoms with E-state index < -0.39 is 21.5 Å². The Balaban J connectivity index is 2.21. The third kappa shape index (κ3) is 5.87. The van der Waals surface area contributed by atoms with E-state index >= 15 is 0 Å². The number of ether oxygens (including phenoxy) is 1. The number of thioether (sulfide) groups is 1. The Hall–Kier alpha value is -1.70. The molecule has 2 aromatic rings. The summed E-state index contributed by atoms with van der Waals surface area (Å²) in [5.41, 5.74) is 0.221. The minimum Gasteiger partial charge on any atom is -0.487 e. The first-order chi connectivity index (χ1) is 15.4. The number of sulfone groups is 1. The second kappa shape index (κ2) is 9.88. The molecule has 182 valence electrons. The zero-order valence-electron chi connectivity index (χ0n) is 20.6. The summed E-state index contributed by atoms with van der Waals surface area (Å²) in [5, 5.41) is 10.4. The maximum atomic E-state index is 13.7. The van der Waals surface area contributed by atoms with Crippen LogP contribution < -0.4 is 9.64 Å². The summed E-state index contributed by atoms with van der Waals surface area (Å²) in [5.74, 6) is 0.583. The van der Waals surface area contributed by atoms with Crippen LogP contribution in [0.15, 0.2) is 52.3 Å². The molecule has 0 amide bonds. The minimum atomic E-state index is -3.57. The number of anilines is 2. The van der Waals surface area contributed by atoms with Gasteiger partial charge in [-0.2, -0.15) is 0 Å². The second-order valence-electron chi connectivity index (χ2n) is 9.98. The summed E-state index contributed by atoms with van der Waals surface area (Å²) >= 11 is 1.51. The van der Waals surface area contributed by atoms with E-state index in [4.69, 9.17) is 4.74 Å². The van der Waals surface area contributed by atoms with Crippen LogP contribution in [0.3, 0.4) is 0 Å². The molecule has 1 aliphatic rings. The SMILES string of the molecule is CCCCC1(C)CN(c2ccccc2)c2cc(SC)c(OC(C)C(C)(C)O)cc2S(=O)(=O)C1. The molecule has 1 N–H and O–H groups in total. The van der Waals surface area contributed by atoms with E-state index in [1.165, 1.54) is 11.8 Å². The van der Waals surface area contributed by atoms with Gasteiger partial charge in [0.1, 0.15) is 11.9 Å². The maximum absolute atomic E-state index is 13.7. The van der Waals surface area contributed by atoms with E-state index in [0.29, 0.717) is 22.9 Å². The van der Waals surface area contributed by atoms with Gasteiger partial charge in [0, 0.05) is 18.3 Å². The van der Waals surface area contributed by atoms with Crippen molar-refractivity contribution in [2.45, 2.75) is 75.4 Å². The summed E-state index contributed by atoms with van der Waals surface area (Å²) in [6, 6.07) is 13.6. The predicted octanol–water partition coefficient (Wildman–Crippen LogP) is 6.07. The topological polar surface area (TPSA) is 66.8 Å². The molecular formula is C26H37NO4S2. The van der Waals surface area contributed by atoms with Crippen LogP contribution in [-0.4, -0.2) is 43.8 Å². The molecule has 2 atom stereocenters. The van der Waals surface area contributed by atoms with Gasteiger partial charge in [-0.25, -0.2) is 8.42 Å². The van der Waals surface area contributed by atoms with Gasteiger partial charge in [0.15, 0.2) is 9.84 Å². The second-order valence-corrected chi connectivity index (χ2v) is 12.8. The van der Waals surface area contributed by atoms with Gasteiger partial charge in [-0.05, 0) is 57.1 Å². The first-order valence-electron chi connectivity index (χ1n) is 11.6. The number of rotatable bonds is 8. The molecule has 33 heavy (non-hydrogen) atoms. The van der Waals surface area contributed by atoms with Gasteiger partial charge < -0.3 is 14.7 Å². The number of nitrogens with zero attached hydrogens (tertiary/aromatic N) is 1. The van der Waals surface area contributed by atoms with Gasteiger partial charge in [0.2, 0.25) is 0 Å². The lowest BCUT2D eigenvalue weighted by Crippen LogP contribution is -2.38. The maximum Gasteiger partial charge on any atom is 0.181 e. The van der Waals surface area contributed by atoms with Gasteiger partial charge in [-0.1, -0.05) is 44.9 Å². The number of fused-ring (bicyclic) bond motifs is 1. The van der Waals surface area contributed by atoms with Crippen molar-refractivity contribution in [3.63, 3.8) is 0 Å². The van der Waals surface area contributed by atoms with Crippen LogP contribution in [-0.2, 0) is 9.84 Å². The highest BCUT2D eigenvalue weighted by Crippen LogP contribution is 2.46. The molecule has 5 nitrogen and oxygen atoms in total. The van der Waals surface area contributed by atoms with E-state index in [9.17, 15) is 13.5 Å². The summed E-state index contributed by atoms with van der Waals surface area (Å²) in [6.45, 7) is 10.0. The molecule has 0 saturated heterocycles. The lowest BCUT2D eigenvalue weighted by Gasteiger charge is -2.34. The molecule has 7 heteroatoms. The average Bonchev–Trinajstić information content (AvgIpc) is 2.83. The predicted molar refractivity (Wildman–Crippen MR) is 138 cm³/mol. The third-order valence-electron chi connectivity index (χ3n) is 6.45. The Morgan fingerprint density at radius 2 is 1.91 bits per heavy atom. The molecule has 0 aromatic heterocycles. The highest BCUT2D eigenvalue weighted by Gasteiger charge is 2.40. The highest BCUT2D eigenvalue weighted by atomic mass is 32.2. The fourth-order valence-electron chi connectivity index (χ4n) is 4.22. The van der Waals surface area contributed by atoms with E-state index in [1.54, 1.807) is 26.8 Å². The molecule has 0 bridgehead atoms. The Bertz CT molecular complexity index is 1060. The Morgan fingerprint density at radius 1 is 1.24 bits per heavy atom. The van der Waals surface area contributed by atoms with Gasteiger partial charge in [0.05, 0.1) is 26.8 Å². The summed E-state index contributed by atoms with van der Waals surface area (Å²) in [7, 11) is -3.57. The van der Waals surface area contributed by atoms with Gasteiger partial charge in [0.25, 0.3) is 0 Å². The molecule has 1 heterocycles. The molecule has 0 spiro atoms. The van der Waals surface area contributed by atoms with Crippen molar-refractivity contribution >= 4 is 33.0 Å². The van der Waals surface area contributed by atoms with Crippen LogP contribution in [0, 0.1) is 5.41 Å². The van der Waals surface area contributed by atoms with Gasteiger partial charge in [-0.15, -0.1) is 11.8 Å². The number of hydrogen-bond donors (Lipinski definition) is 1. The Morgan fingerprint density at radius 3 is 2.48 bits per heavy atom. The van der Waals surface area contributed by atoms with Crippen molar-refractivity contribution < 1.29 is 18.3 Å². The van der Waals surface area contributed by atoms with Crippen LogP contribution in [0.5, 0.6) is 5.75 Å². The minimum absolute atomic E-state index is 0.0927. The number of benzene rings is 2. The molecule has 3 rings (SSSR count). The van der Waals surface area contributed by atoms with Gasteiger partial charge in [-0.3, -0.25) is 0 Å². The van der Waals surface area contributed by atoms with E-state index in [2.05, 4.69) is 18.7 Å². The molecule has 0 saturated carbocycles. The third-order valence-corrected chi connectivity index (χ3v) is 9.28. The zero-order chi connectivity index (χ0) is 24.4. The number of para-hydroxylation sites is 1. The van der Waals surface area contributed by atoms with Gasteiger partial charge >= 0.3 is 0 Å². The fourth-order valence-corrected chi connectivity index (χ4v) is 6.84. The lowest BCUT2D eigenvalue weighted by atomic mass is 9.86. The molecule has 2 unspecified atom stereocenters. The summed E-state index contributed by atoms with van der Waals surface area (Å²) in [4.78, 5) is 3.29. The van der Waals surface area contributed by atoms with E-state index in [-0.39, 0.29) is 11.2 Å². The molecule has 0 aliphatic carbocycles. The zero-order valence-corrected chi connectivity index (χ0v) is 22.2. The first kappa shape index (κ1) is 25.9. The van der Waals surface area contributed by atoms with Crippen molar-refractivity contribution in [3.05, 3.63) is 42.5 Å². The van der Waals surface area contributed by atoms with Crippen LogP contribution in [0.4, 0.5) is 11.4 Å². The number of hydrogen-bond acceptors (Lipinski definition) is 6. The van der Waals surface area contributed by atoms with Crippen molar-refractivity contribution in [1.82, 2.24) is 0 Å². The first-order valence-corrected chi connectivity index (χ1v) is 14.4. The van der Waals surface area contributed by atoms with Crippen LogP contribution in [0.25, 0.3) is 0 Å². The fraction of sp³-hybridized carbons (Fsp3) is 0.538. The largest absolute Gasteiger partial charge is 0.487 e. The summed E-state index contributed by atoms with van der Waals surface area (Å²) in [6.07, 6.45) is 4.30. The van der Waals surface area contributed by atoms with Crippen molar-refractivity contribution in [3.8, 4) is 5.75 Å². The molecule has 0 radical (unpaired) electrons.